The zero-order valence-corrected chi connectivity index (χ0v) is 15.2. The molecule has 1 atom stereocenters. The second-order valence-corrected chi connectivity index (χ2v) is 6.53. The van der Waals surface area contributed by atoms with E-state index in [4.69, 9.17) is 16.0 Å². The number of nitro groups is 1. The number of hydrogen-bond acceptors (Lipinski definition) is 5. The van der Waals surface area contributed by atoms with Gasteiger partial charge in [0.2, 0.25) is 5.89 Å². The van der Waals surface area contributed by atoms with Crippen LogP contribution >= 0.6 is 11.6 Å². The Morgan fingerprint density at radius 3 is 2.77 bits per heavy atom. The van der Waals surface area contributed by atoms with Gasteiger partial charge in [0.05, 0.1) is 10.6 Å². The van der Waals surface area contributed by atoms with Gasteiger partial charge in [0.1, 0.15) is 6.26 Å². The maximum absolute atomic E-state index is 11.0. The maximum atomic E-state index is 11.0. The zero-order chi connectivity index (χ0) is 18.7. The molecule has 0 amide bonds. The number of hydrogen-bond donors (Lipinski definition) is 0. The van der Waals surface area contributed by atoms with Crippen molar-refractivity contribution in [2.45, 2.75) is 19.5 Å². The van der Waals surface area contributed by atoms with Gasteiger partial charge >= 0.3 is 0 Å². The van der Waals surface area contributed by atoms with E-state index in [0.717, 1.165) is 16.8 Å². The van der Waals surface area contributed by atoms with Crippen molar-refractivity contribution in [2.24, 2.45) is 0 Å². The first-order chi connectivity index (χ1) is 12.4. The van der Waals surface area contributed by atoms with Crippen LogP contribution in [0.2, 0.25) is 5.02 Å². The summed E-state index contributed by atoms with van der Waals surface area (Å²) in [5, 5.41) is 11.6. The van der Waals surface area contributed by atoms with Crippen molar-refractivity contribution in [3.8, 4) is 11.5 Å². The van der Waals surface area contributed by atoms with Crippen LogP contribution < -0.4 is 0 Å². The molecule has 0 aliphatic carbocycles. The van der Waals surface area contributed by atoms with Gasteiger partial charge in [-0.15, -0.1) is 0 Å². The second-order valence-electron chi connectivity index (χ2n) is 6.10. The van der Waals surface area contributed by atoms with E-state index in [9.17, 15) is 10.1 Å². The molecule has 0 aliphatic heterocycles. The van der Waals surface area contributed by atoms with Gasteiger partial charge in [0.25, 0.3) is 5.69 Å². The number of nitro benzene ring substituents is 1. The Labute approximate surface area is 156 Å². The molecule has 6 nitrogen and oxygen atoms in total. The molecule has 0 radical (unpaired) electrons. The van der Waals surface area contributed by atoms with Crippen LogP contribution in [0.25, 0.3) is 11.5 Å². The van der Waals surface area contributed by atoms with Gasteiger partial charge in [-0.2, -0.15) is 0 Å². The monoisotopic (exact) mass is 371 g/mol. The molecule has 0 saturated carbocycles. The largest absolute Gasteiger partial charge is 0.444 e. The number of halogens is 1. The Balaban J connectivity index is 1.73. The second kappa shape index (κ2) is 7.68. The number of benzene rings is 2. The fraction of sp³-hybridized carbons (Fsp3) is 0.211. The number of aromatic nitrogens is 1. The van der Waals surface area contributed by atoms with Gasteiger partial charge in [-0.25, -0.2) is 4.98 Å². The number of rotatable bonds is 6. The summed E-state index contributed by atoms with van der Waals surface area (Å²) in [4.78, 5) is 17.1. The molecule has 0 N–H and O–H groups in total. The Bertz CT molecular complexity index is 926. The lowest BCUT2D eigenvalue weighted by Crippen LogP contribution is -2.22. The van der Waals surface area contributed by atoms with Crippen LogP contribution in [0.1, 0.15) is 24.2 Å². The first-order valence-electron chi connectivity index (χ1n) is 8.09. The minimum Gasteiger partial charge on any atom is -0.444 e. The van der Waals surface area contributed by atoms with Gasteiger partial charge in [0.15, 0.2) is 0 Å². The quantitative estimate of drug-likeness (QED) is 0.445. The van der Waals surface area contributed by atoms with Crippen molar-refractivity contribution in [3.63, 3.8) is 0 Å². The Kier molecular flexibility index (Phi) is 5.35. The van der Waals surface area contributed by atoms with Crippen molar-refractivity contribution in [3.05, 3.63) is 81.2 Å². The highest BCUT2D eigenvalue weighted by atomic mass is 35.5. The van der Waals surface area contributed by atoms with Crippen molar-refractivity contribution < 1.29 is 9.34 Å². The summed E-state index contributed by atoms with van der Waals surface area (Å²) in [6.07, 6.45) is 1.62. The molecule has 0 spiro atoms. The van der Waals surface area contributed by atoms with Crippen LogP contribution in [0.4, 0.5) is 5.69 Å². The van der Waals surface area contributed by atoms with E-state index in [1.807, 2.05) is 32.2 Å². The van der Waals surface area contributed by atoms with Crippen molar-refractivity contribution in [2.75, 3.05) is 7.05 Å². The van der Waals surface area contributed by atoms with Crippen LogP contribution in [0.3, 0.4) is 0 Å². The average Bonchev–Trinajstić information content (AvgIpc) is 3.09. The smallest absolute Gasteiger partial charge is 0.269 e. The lowest BCUT2D eigenvalue weighted by atomic mass is 10.1. The molecule has 1 aromatic heterocycles. The highest BCUT2D eigenvalue weighted by Gasteiger charge is 2.17. The maximum Gasteiger partial charge on any atom is 0.269 e. The van der Waals surface area contributed by atoms with Gasteiger partial charge in [-0.05, 0) is 37.7 Å². The Morgan fingerprint density at radius 2 is 2.04 bits per heavy atom. The summed E-state index contributed by atoms with van der Waals surface area (Å²) in [5.41, 5.74) is 2.56. The summed E-state index contributed by atoms with van der Waals surface area (Å²) in [6.45, 7) is 2.55. The third-order valence-electron chi connectivity index (χ3n) is 4.26. The minimum absolute atomic E-state index is 0.0128. The van der Waals surface area contributed by atoms with E-state index in [2.05, 4.69) is 9.88 Å². The van der Waals surface area contributed by atoms with Crippen LogP contribution in [-0.2, 0) is 6.54 Å². The zero-order valence-electron chi connectivity index (χ0n) is 14.4. The Hall–Kier alpha value is -2.70. The normalized spacial score (nSPS) is 12.3. The molecule has 3 aromatic rings. The molecule has 7 heteroatoms. The summed E-state index contributed by atoms with van der Waals surface area (Å²) >= 11 is 6.00. The highest BCUT2D eigenvalue weighted by molar-refractivity contribution is 6.30. The lowest BCUT2D eigenvalue weighted by Gasteiger charge is -2.23. The van der Waals surface area contributed by atoms with Gasteiger partial charge in [0, 0.05) is 35.3 Å². The molecular weight excluding hydrogens is 354 g/mol. The fourth-order valence-electron chi connectivity index (χ4n) is 2.68. The molecule has 1 heterocycles. The minimum atomic E-state index is -0.384. The summed E-state index contributed by atoms with van der Waals surface area (Å²) < 4.78 is 5.56. The van der Waals surface area contributed by atoms with E-state index in [-0.39, 0.29) is 16.7 Å². The van der Waals surface area contributed by atoms with E-state index in [1.54, 1.807) is 30.5 Å². The standard InChI is InChI=1S/C19H18ClN3O3/c1-13(14-5-4-8-18(10-14)23(24)25)22(2)11-17-12-26-19(21-17)15-6-3-7-16(20)9-15/h3-10,12-13H,11H2,1-2H3. The lowest BCUT2D eigenvalue weighted by molar-refractivity contribution is -0.384. The first kappa shape index (κ1) is 18.1. The molecule has 0 aliphatic rings. The molecule has 0 fully saturated rings. The van der Waals surface area contributed by atoms with Crippen LogP contribution in [0.15, 0.2) is 59.2 Å². The van der Waals surface area contributed by atoms with Crippen LogP contribution in [0, 0.1) is 10.1 Å². The molecule has 0 saturated heterocycles. The van der Waals surface area contributed by atoms with Gasteiger partial charge in [-0.1, -0.05) is 29.8 Å². The number of non-ortho nitro benzene ring substituents is 1. The SMILES string of the molecule is CC(c1cccc([N+](=O)[O-])c1)N(C)Cc1coc(-c2cccc(Cl)c2)n1. The van der Waals surface area contributed by atoms with Crippen LogP contribution in [-0.4, -0.2) is 21.9 Å². The van der Waals surface area contributed by atoms with Crippen molar-refractivity contribution in [1.82, 2.24) is 9.88 Å². The molecule has 134 valence electrons. The van der Waals surface area contributed by atoms with Gasteiger partial charge in [-0.3, -0.25) is 15.0 Å². The summed E-state index contributed by atoms with van der Waals surface area (Å²) in [7, 11) is 1.94. The molecule has 26 heavy (non-hydrogen) atoms. The number of nitrogens with zero attached hydrogens (tertiary/aromatic N) is 3. The third-order valence-corrected chi connectivity index (χ3v) is 4.49. The predicted octanol–water partition coefficient (Wildman–Crippen LogP) is 5.10. The average molecular weight is 372 g/mol. The fourth-order valence-corrected chi connectivity index (χ4v) is 2.87. The van der Waals surface area contributed by atoms with Crippen LogP contribution in [0.5, 0.6) is 0 Å². The predicted molar refractivity (Wildman–Crippen MR) is 99.9 cm³/mol. The van der Waals surface area contributed by atoms with E-state index >= 15 is 0 Å². The highest BCUT2D eigenvalue weighted by Crippen LogP contribution is 2.26. The summed E-state index contributed by atoms with van der Waals surface area (Å²) in [5.74, 6) is 0.513. The Morgan fingerprint density at radius 1 is 1.27 bits per heavy atom. The topological polar surface area (TPSA) is 72.4 Å². The van der Waals surface area contributed by atoms with Crippen molar-refractivity contribution in [1.29, 1.82) is 0 Å². The van der Waals surface area contributed by atoms with Gasteiger partial charge < -0.3 is 4.42 Å². The first-order valence-corrected chi connectivity index (χ1v) is 8.47. The molecule has 0 bridgehead atoms. The molecular formula is C19H18ClN3O3. The van der Waals surface area contributed by atoms with E-state index in [1.165, 1.54) is 6.07 Å². The third kappa shape index (κ3) is 4.09. The molecule has 2 aromatic carbocycles. The number of oxazole rings is 1. The van der Waals surface area contributed by atoms with E-state index in [0.29, 0.717) is 17.5 Å². The molecule has 3 rings (SSSR count). The van der Waals surface area contributed by atoms with E-state index < -0.39 is 0 Å². The van der Waals surface area contributed by atoms with Crippen molar-refractivity contribution >= 4 is 17.3 Å². The molecule has 1 unspecified atom stereocenters. The summed E-state index contributed by atoms with van der Waals surface area (Å²) in [6, 6.07) is 14.0.